The second-order valence-electron chi connectivity index (χ2n) is 7.80. The van der Waals surface area contributed by atoms with Crippen LogP contribution in [0.15, 0.2) is 24.3 Å². The Morgan fingerprint density at radius 2 is 1.93 bits per heavy atom. The van der Waals surface area contributed by atoms with Gasteiger partial charge < -0.3 is 14.7 Å². The number of hydrogen-bond acceptors (Lipinski definition) is 4. The van der Waals surface area contributed by atoms with Crippen molar-refractivity contribution in [2.24, 2.45) is 5.92 Å². The molecule has 1 saturated heterocycles. The summed E-state index contributed by atoms with van der Waals surface area (Å²) in [6.45, 7) is 6.37. The van der Waals surface area contributed by atoms with Gasteiger partial charge in [0.05, 0.1) is 19.6 Å². The molecule has 0 spiro atoms. The Morgan fingerprint density at radius 3 is 2.56 bits per heavy atom. The van der Waals surface area contributed by atoms with E-state index in [1.807, 2.05) is 41.1 Å². The van der Waals surface area contributed by atoms with Crippen LogP contribution in [-0.2, 0) is 16.0 Å². The molecule has 1 heterocycles. The normalized spacial score (nSPS) is 17.8. The summed E-state index contributed by atoms with van der Waals surface area (Å²) in [5.74, 6) is 0.634. The number of benzene rings is 1. The summed E-state index contributed by atoms with van der Waals surface area (Å²) in [6, 6.07) is 7.97. The predicted molar refractivity (Wildman–Crippen MR) is 105 cm³/mol. The Morgan fingerprint density at radius 1 is 1.22 bits per heavy atom. The van der Waals surface area contributed by atoms with E-state index in [0.717, 1.165) is 37.1 Å². The van der Waals surface area contributed by atoms with Crippen molar-refractivity contribution in [3.05, 3.63) is 29.8 Å². The monoisotopic (exact) mass is 376 g/mol. The fourth-order valence-electron chi connectivity index (χ4n) is 3.36. The number of likely N-dealkylation sites (tertiary alicyclic amines) is 1. The molecule has 1 unspecified atom stereocenters. The number of carbonyl (C=O) groups is 2. The predicted octanol–water partition coefficient (Wildman–Crippen LogP) is 2.66. The van der Waals surface area contributed by atoms with Gasteiger partial charge in [-0.1, -0.05) is 26.0 Å². The average molecular weight is 376 g/mol. The van der Waals surface area contributed by atoms with Gasteiger partial charge in [0.2, 0.25) is 5.91 Å². The minimum atomic E-state index is -0.810. The highest BCUT2D eigenvalue weighted by Crippen LogP contribution is 2.18. The van der Waals surface area contributed by atoms with Crippen molar-refractivity contribution in [3.8, 4) is 5.75 Å². The molecule has 6 nitrogen and oxygen atoms in total. The summed E-state index contributed by atoms with van der Waals surface area (Å²) in [5, 5.41) is 8.95. The molecule has 1 amide bonds. The first-order valence-electron chi connectivity index (χ1n) is 9.76. The molecule has 1 aliphatic rings. The molecule has 0 aromatic heterocycles. The molecule has 27 heavy (non-hydrogen) atoms. The number of likely N-dealkylation sites (N-methyl/N-ethyl adjacent to an activating group) is 1. The van der Waals surface area contributed by atoms with Crippen molar-refractivity contribution in [3.63, 3.8) is 0 Å². The second-order valence-corrected chi connectivity index (χ2v) is 7.80. The molecule has 6 heteroatoms. The summed E-state index contributed by atoms with van der Waals surface area (Å²) in [6.07, 6.45) is 3.04. The zero-order chi connectivity index (χ0) is 19.8. The fourth-order valence-corrected chi connectivity index (χ4v) is 3.36. The zero-order valence-electron chi connectivity index (χ0n) is 16.7. The summed E-state index contributed by atoms with van der Waals surface area (Å²) < 4.78 is 5.68. The first kappa shape index (κ1) is 21.2. The molecule has 0 saturated carbocycles. The summed E-state index contributed by atoms with van der Waals surface area (Å²) in [7, 11) is 1.85. The molecule has 0 bridgehead atoms. The van der Waals surface area contributed by atoms with Gasteiger partial charge in [-0.15, -0.1) is 0 Å². The molecule has 1 N–H and O–H groups in total. The van der Waals surface area contributed by atoms with Crippen LogP contribution in [-0.4, -0.2) is 66.1 Å². The highest BCUT2D eigenvalue weighted by molar-refractivity contribution is 5.78. The molecule has 150 valence electrons. The third-order valence-electron chi connectivity index (χ3n) is 4.92. The first-order valence-corrected chi connectivity index (χ1v) is 9.76. The standard InChI is InChI=1S/C21H32N2O4/c1-16(2)15-27-19-8-6-17(7-9-19)13-20(24)23-11-4-5-18(10-12-23)22(3)14-21(25)26/h6-9,16,18H,4-5,10-15H2,1-3H3,(H,25,26). The summed E-state index contributed by atoms with van der Waals surface area (Å²) in [4.78, 5) is 27.4. The van der Waals surface area contributed by atoms with Gasteiger partial charge in [0.15, 0.2) is 0 Å². The zero-order valence-corrected chi connectivity index (χ0v) is 16.7. The lowest BCUT2D eigenvalue weighted by atomic mass is 10.1. The lowest BCUT2D eigenvalue weighted by Gasteiger charge is -2.25. The van der Waals surface area contributed by atoms with Crippen LogP contribution < -0.4 is 4.74 Å². The quantitative estimate of drug-likeness (QED) is 0.755. The van der Waals surface area contributed by atoms with E-state index in [4.69, 9.17) is 9.84 Å². The van der Waals surface area contributed by atoms with Crippen LogP contribution in [0.2, 0.25) is 0 Å². The summed E-state index contributed by atoms with van der Waals surface area (Å²) in [5.41, 5.74) is 0.987. The van der Waals surface area contributed by atoms with Crippen LogP contribution in [0.3, 0.4) is 0 Å². The third-order valence-corrected chi connectivity index (χ3v) is 4.92. The van der Waals surface area contributed by atoms with Gasteiger partial charge in [0.1, 0.15) is 5.75 Å². The van der Waals surface area contributed by atoms with E-state index in [0.29, 0.717) is 25.5 Å². The number of hydrogen-bond donors (Lipinski definition) is 1. The van der Waals surface area contributed by atoms with E-state index in [9.17, 15) is 9.59 Å². The van der Waals surface area contributed by atoms with Crippen LogP contribution in [0, 0.1) is 5.92 Å². The Bertz CT molecular complexity index is 615. The molecule has 1 fully saturated rings. The third kappa shape index (κ3) is 7.21. The maximum absolute atomic E-state index is 12.7. The maximum Gasteiger partial charge on any atom is 0.317 e. The fraction of sp³-hybridized carbons (Fsp3) is 0.619. The van der Waals surface area contributed by atoms with Crippen molar-refractivity contribution in [2.75, 3.05) is 33.3 Å². The van der Waals surface area contributed by atoms with Crippen molar-refractivity contribution in [2.45, 2.75) is 45.6 Å². The molecular weight excluding hydrogens is 344 g/mol. The van der Waals surface area contributed by atoms with E-state index in [2.05, 4.69) is 13.8 Å². The van der Waals surface area contributed by atoms with Gasteiger partial charge in [-0.2, -0.15) is 0 Å². The number of rotatable bonds is 8. The SMILES string of the molecule is CC(C)COc1ccc(CC(=O)N2CCCC(N(C)CC(=O)O)CC2)cc1. The van der Waals surface area contributed by atoms with Crippen molar-refractivity contribution < 1.29 is 19.4 Å². The van der Waals surface area contributed by atoms with E-state index in [1.165, 1.54) is 0 Å². The van der Waals surface area contributed by atoms with Gasteiger partial charge in [0.25, 0.3) is 0 Å². The highest BCUT2D eigenvalue weighted by atomic mass is 16.5. The molecular formula is C21H32N2O4. The van der Waals surface area contributed by atoms with Crippen LogP contribution >= 0.6 is 0 Å². The van der Waals surface area contributed by atoms with Crippen molar-refractivity contribution in [1.82, 2.24) is 9.80 Å². The van der Waals surface area contributed by atoms with Gasteiger partial charge in [-0.25, -0.2) is 0 Å². The number of carbonyl (C=O) groups excluding carboxylic acids is 1. The van der Waals surface area contributed by atoms with Crippen molar-refractivity contribution >= 4 is 11.9 Å². The molecule has 0 radical (unpaired) electrons. The van der Waals surface area contributed by atoms with Crippen LogP contribution in [0.5, 0.6) is 5.75 Å². The Kier molecular flexibility index (Phi) is 8.10. The summed E-state index contributed by atoms with van der Waals surface area (Å²) >= 11 is 0. The van der Waals surface area contributed by atoms with E-state index in [-0.39, 0.29) is 18.5 Å². The molecule has 0 aliphatic carbocycles. The van der Waals surface area contributed by atoms with Crippen LogP contribution in [0.25, 0.3) is 0 Å². The van der Waals surface area contributed by atoms with E-state index >= 15 is 0 Å². The lowest BCUT2D eigenvalue weighted by molar-refractivity contribution is -0.138. The van der Waals surface area contributed by atoms with Gasteiger partial charge in [0, 0.05) is 19.1 Å². The number of amides is 1. The molecule has 2 rings (SSSR count). The van der Waals surface area contributed by atoms with E-state index in [1.54, 1.807) is 0 Å². The maximum atomic E-state index is 12.7. The largest absolute Gasteiger partial charge is 0.493 e. The average Bonchev–Trinajstić information content (AvgIpc) is 2.87. The van der Waals surface area contributed by atoms with Gasteiger partial charge in [-0.05, 0) is 49.9 Å². The van der Waals surface area contributed by atoms with Crippen LogP contribution in [0.4, 0.5) is 0 Å². The highest BCUT2D eigenvalue weighted by Gasteiger charge is 2.24. The number of ether oxygens (including phenoxy) is 1. The number of carboxylic acid groups (broad SMARTS) is 1. The Hall–Kier alpha value is -2.08. The molecule has 1 aliphatic heterocycles. The Balaban J connectivity index is 1.84. The first-order chi connectivity index (χ1) is 12.8. The number of carboxylic acids is 1. The van der Waals surface area contributed by atoms with E-state index < -0.39 is 5.97 Å². The van der Waals surface area contributed by atoms with Crippen molar-refractivity contribution in [1.29, 1.82) is 0 Å². The molecule has 1 aromatic carbocycles. The van der Waals surface area contributed by atoms with Gasteiger partial charge in [-0.3, -0.25) is 14.5 Å². The topological polar surface area (TPSA) is 70.1 Å². The molecule has 1 atom stereocenters. The minimum Gasteiger partial charge on any atom is -0.493 e. The lowest BCUT2D eigenvalue weighted by Crippen LogP contribution is -2.37. The van der Waals surface area contributed by atoms with Crippen LogP contribution in [0.1, 0.15) is 38.7 Å². The number of aliphatic carboxylic acids is 1. The Labute approximate surface area is 162 Å². The molecule has 1 aromatic rings. The van der Waals surface area contributed by atoms with Gasteiger partial charge >= 0.3 is 5.97 Å². The smallest absolute Gasteiger partial charge is 0.317 e. The number of nitrogens with zero attached hydrogens (tertiary/aromatic N) is 2. The minimum absolute atomic E-state index is 0.0455. The second kappa shape index (κ2) is 10.3.